The van der Waals surface area contributed by atoms with Gasteiger partial charge in [-0.05, 0) is 36.2 Å². The summed E-state index contributed by atoms with van der Waals surface area (Å²) in [5.74, 6) is 0.990. The molecular weight excluding hydrogens is 304 g/mol. The second-order valence-corrected chi connectivity index (χ2v) is 5.20. The van der Waals surface area contributed by atoms with Crippen molar-refractivity contribution in [1.82, 2.24) is 0 Å². The van der Waals surface area contributed by atoms with Crippen LogP contribution in [0.2, 0.25) is 0 Å². The second kappa shape index (κ2) is 6.53. The highest BCUT2D eigenvalue weighted by atomic mass is 79.9. The zero-order chi connectivity index (χ0) is 13.7. The summed E-state index contributed by atoms with van der Waals surface area (Å²) in [6, 6.07) is 15.3. The molecule has 0 saturated carbocycles. The van der Waals surface area contributed by atoms with Gasteiger partial charge in [0.2, 0.25) is 0 Å². The monoisotopic (exact) mass is 318 g/mol. The molecule has 0 bridgehead atoms. The molecular formula is C16H15BrO2. The van der Waals surface area contributed by atoms with Crippen LogP contribution in [0.25, 0.3) is 0 Å². The van der Waals surface area contributed by atoms with Crippen molar-refractivity contribution in [2.75, 3.05) is 7.11 Å². The highest BCUT2D eigenvalue weighted by Crippen LogP contribution is 2.16. The van der Waals surface area contributed by atoms with Gasteiger partial charge in [-0.1, -0.05) is 40.2 Å². The lowest BCUT2D eigenvalue weighted by molar-refractivity contribution is 0.0983. The molecule has 0 aliphatic heterocycles. The molecule has 19 heavy (non-hydrogen) atoms. The van der Waals surface area contributed by atoms with Gasteiger partial charge in [-0.2, -0.15) is 0 Å². The largest absolute Gasteiger partial charge is 0.497 e. The smallest absolute Gasteiger partial charge is 0.163 e. The van der Waals surface area contributed by atoms with Gasteiger partial charge < -0.3 is 4.74 Å². The van der Waals surface area contributed by atoms with Crippen molar-refractivity contribution in [2.24, 2.45) is 0 Å². The lowest BCUT2D eigenvalue weighted by atomic mass is 10.0. The lowest BCUT2D eigenvalue weighted by Gasteiger charge is -2.04. The Morgan fingerprint density at radius 2 is 1.89 bits per heavy atom. The van der Waals surface area contributed by atoms with Crippen molar-refractivity contribution < 1.29 is 9.53 Å². The molecule has 3 heteroatoms. The van der Waals surface area contributed by atoms with Crippen molar-refractivity contribution >= 4 is 21.7 Å². The van der Waals surface area contributed by atoms with E-state index < -0.39 is 0 Å². The Labute approximate surface area is 121 Å². The highest BCUT2D eigenvalue weighted by molar-refractivity contribution is 9.10. The molecule has 2 aromatic carbocycles. The number of halogens is 1. The summed E-state index contributed by atoms with van der Waals surface area (Å²) in [7, 11) is 1.64. The standard InChI is InChI=1S/C16H15BrO2/c1-19-15-4-2-3-12(11-15)5-10-16(18)13-6-8-14(17)9-7-13/h2-4,6-9,11H,5,10H2,1H3. The average molecular weight is 319 g/mol. The number of hydrogen-bond donors (Lipinski definition) is 0. The van der Waals surface area contributed by atoms with Crippen molar-refractivity contribution in [1.29, 1.82) is 0 Å². The normalized spacial score (nSPS) is 10.2. The maximum atomic E-state index is 12.0. The van der Waals surface area contributed by atoms with Crippen LogP contribution >= 0.6 is 15.9 Å². The van der Waals surface area contributed by atoms with Gasteiger partial charge in [0.1, 0.15) is 5.75 Å². The van der Waals surface area contributed by atoms with Crippen molar-refractivity contribution in [3.8, 4) is 5.75 Å². The molecule has 2 nitrogen and oxygen atoms in total. The van der Waals surface area contributed by atoms with E-state index in [-0.39, 0.29) is 5.78 Å². The summed E-state index contributed by atoms with van der Waals surface area (Å²) in [6.07, 6.45) is 1.24. The number of benzene rings is 2. The van der Waals surface area contributed by atoms with Crippen LogP contribution in [-0.4, -0.2) is 12.9 Å². The summed E-state index contributed by atoms with van der Waals surface area (Å²) >= 11 is 3.36. The Hall–Kier alpha value is -1.61. The maximum Gasteiger partial charge on any atom is 0.163 e. The quantitative estimate of drug-likeness (QED) is 0.769. The molecule has 0 amide bonds. The van der Waals surface area contributed by atoms with Gasteiger partial charge in [-0.15, -0.1) is 0 Å². The van der Waals surface area contributed by atoms with E-state index in [9.17, 15) is 4.79 Å². The number of carbonyl (C=O) groups excluding carboxylic acids is 1. The SMILES string of the molecule is COc1cccc(CCC(=O)c2ccc(Br)cc2)c1. The zero-order valence-electron chi connectivity index (χ0n) is 10.7. The van der Waals surface area contributed by atoms with Crippen LogP contribution in [0.4, 0.5) is 0 Å². The molecule has 0 radical (unpaired) electrons. The molecule has 0 spiro atoms. The van der Waals surface area contributed by atoms with Gasteiger partial charge in [0.25, 0.3) is 0 Å². The van der Waals surface area contributed by atoms with Gasteiger partial charge in [-0.25, -0.2) is 0 Å². The number of carbonyl (C=O) groups is 1. The van der Waals surface area contributed by atoms with Crippen LogP contribution in [0.3, 0.4) is 0 Å². The lowest BCUT2D eigenvalue weighted by Crippen LogP contribution is -2.01. The van der Waals surface area contributed by atoms with Gasteiger partial charge in [0, 0.05) is 16.5 Å². The molecule has 0 atom stereocenters. The first-order valence-corrected chi connectivity index (χ1v) is 6.90. The number of methoxy groups -OCH3 is 1. The van der Waals surface area contributed by atoms with Crippen molar-refractivity contribution in [3.05, 3.63) is 64.1 Å². The average Bonchev–Trinajstić information content (AvgIpc) is 2.46. The van der Waals surface area contributed by atoms with E-state index in [1.54, 1.807) is 7.11 Å². The van der Waals surface area contributed by atoms with Crippen molar-refractivity contribution in [3.63, 3.8) is 0 Å². The van der Waals surface area contributed by atoms with Crippen LogP contribution in [-0.2, 0) is 6.42 Å². The molecule has 0 N–H and O–H groups in total. The maximum absolute atomic E-state index is 12.0. The molecule has 0 unspecified atom stereocenters. The fraction of sp³-hybridized carbons (Fsp3) is 0.188. The third kappa shape index (κ3) is 3.93. The minimum absolute atomic E-state index is 0.162. The molecule has 0 aliphatic carbocycles. The molecule has 0 saturated heterocycles. The van der Waals surface area contributed by atoms with E-state index in [0.29, 0.717) is 6.42 Å². The Morgan fingerprint density at radius 1 is 1.16 bits per heavy atom. The van der Waals surface area contributed by atoms with Gasteiger partial charge in [0.05, 0.1) is 7.11 Å². The van der Waals surface area contributed by atoms with Crippen LogP contribution in [0, 0.1) is 0 Å². The number of Topliss-reactive ketones (excluding diaryl/α,β-unsaturated/α-hetero) is 1. The minimum Gasteiger partial charge on any atom is -0.497 e. The molecule has 0 heterocycles. The molecule has 2 aromatic rings. The Morgan fingerprint density at radius 3 is 2.58 bits per heavy atom. The minimum atomic E-state index is 0.162. The highest BCUT2D eigenvalue weighted by Gasteiger charge is 2.06. The molecule has 98 valence electrons. The number of aryl methyl sites for hydroxylation is 1. The predicted molar refractivity (Wildman–Crippen MR) is 79.8 cm³/mol. The Bertz CT molecular complexity index is 561. The molecule has 0 aliphatic rings. The zero-order valence-corrected chi connectivity index (χ0v) is 12.3. The third-order valence-electron chi connectivity index (χ3n) is 2.94. The first kappa shape index (κ1) is 13.8. The molecule has 0 fully saturated rings. The van der Waals surface area contributed by atoms with Gasteiger partial charge in [-0.3, -0.25) is 4.79 Å². The van der Waals surface area contributed by atoms with Crippen LogP contribution in [0.15, 0.2) is 53.0 Å². The molecule has 2 rings (SSSR count). The van der Waals surface area contributed by atoms with E-state index >= 15 is 0 Å². The van der Waals surface area contributed by atoms with E-state index in [1.165, 1.54) is 0 Å². The first-order chi connectivity index (χ1) is 9.19. The van der Waals surface area contributed by atoms with Crippen molar-refractivity contribution in [2.45, 2.75) is 12.8 Å². The van der Waals surface area contributed by atoms with Crippen LogP contribution < -0.4 is 4.74 Å². The number of ketones is 1. The predicted octanol–water partition coefficient (Wildman–Crippen LogP) is 4.27. The Balaban J connectivity index is 1.98. The van der Waals surface area contributed by atoms with Crippen LogP contribution in [0.5, 0.6) is 5.75 Å². The van der Waals surface area contributed by atoms with E-state index in [0.717, 1.165) is 27.8 Å². The van der Waals surface area contributed by atoms with Gasteiger partial charge in [0.15, 0.2) is 5.78 Å². The summed E-state index contributed by atoms with van der Waals surface area (Å²) in [5, 5.41) is 0. The third-order valence-corrected chi connectivity index (χ3v) is 3.47. The van der Waals surface area contributed by atoms with Crippen LogP contribution in [0.1, 0.15) is 22.3 Å². The Kier molecular flexibility index (Phi) is 4.74. The van der Waals surface area contributed by atoms with E-state index in [4.69, 9.17) is 4.74 Å². The number of hydrogen-bond acceptors (Lipinski definition) is 2. The first-order valence-electron chi connectivity index (χ1n) is 6.11. The topological polar surface area (TPSA) is 26.3 Å². The van der Waals surface area contributed by atoms with Gasteiger partial charge >= 0.3 is 0 Å². The number of rotatable bonds is 5. The second-order valence-electron chi connectivity index (χ2n) is 4.28. The molecule has 0 aromatic heterocycles. The van der Waals surface area contributed by atoms with E-state index in [2.05, 4.69) is 15.9 Å². The fourth-order valence-corrected chi connectivity index (χ4v) is 2.13. The fourth-order valence-electron chi connectivity index (χ4n) is 1.87. The van der Waals surface area contributed by atoms with E-state index in [1.807, 2.05) is 48.5 Å². The summed E-state index contributed by atoms with van der Waals surface area (Å²) < 4.78 is 6.15. The summed E-state index contributed by atoms with van der Waals surface area (Å²) in [4.78, 5) is 12.0. The number of ether oxygens (including phenoxy) is 1. The summed E-state index contributed by atoms with van der Waals surface area (Å²) in [6.45, 7) is 0. The summed E-state index contributed by atoms with van der Waals surface area (Å²) in [5.41, 5.74) is 1.87.